The van der Waals surface area contributed by atoms with E-state index in [1.165, 1.54) is 49.9 Å². The molecule has 0 aromatic rings. The molecule has 1 nitrogen and oxygen atoms in total. The van der Waals surface area contributed by atoms with E-state index >= 15 is 0 Å². The lowest BCUT2D eigenvalue weighted by Crippen LogP contribution is -3.00. The van der Waals surface area contributed by atoms with Gasteiger partial charge in [0.25, 0.3) is 0 Å². The van der Waals surface area contributed by atoms with Gasteiger partial charge in [-0.15, -0.1) is 0 Å². The Balaban J connectivity index is 0.000000605. The monoisotopic (exact) mass is 267 g/mol. The van der Waals surface area contributed by atoms with E-state index in [1.807, 2.05) is 0 Å². The van der Waals surface area contributed by atoms with Gasteiger partial charge in [-0.25, -0.2) is 0 Å². The molecule has 3 rings (SSSR count). The lowest BCUT2D eigenvalue weighted by molar-refractivity contribution is -0.941. The molecule has 0 aliphatic carbocycles. The van der Waals surface area contributed by atoms with Crippen LogP contribution in [0.3, 0.4) is 0 Å². The molecule has 0 saturated carbocycles. The Morgan fingerprint density at radius 1 is 1.09 bits per heavy atom. The highest BCUT2D eigenvalue weighted by Crippen LogP contribution is 2.32. The standard InChI is InChI=1S/C9H18N.HI/c1-2-10-6-3-9(4-7-10)5-8-10;/h9H,2-8H2,1H3;1H/q+1;/p-1. The van der Waals surface area contributed by atoms with E-state index < -0.39 is 0 Å². The van der Waals surface area contributed by atoms with E-state index in [2.05, 4.69) is 6.92 Å². The number of fused-ring (bicyclic) bond motifs is 3. The van der Waals surface area contributed by atoms with E-state index in [9.17, 15) is 0 Å². The van der Waals surface area contributed by atoms with Crippen LogP contribution in [0.5, 0.6) is 0 Å². The molecule has 0 unspecified atom stereocenters. The topological polar surface area (TPSA) is 0 Å². The second-order valence-corrected chi connectivity index (χ2v) is 4.06. The number of rotatable bonds is 1. The number of hydrogen-bond acceptors (Lipinski definition) is 0. The van der Waals surface area contributed by atoms with Crippen molar-refractivity contribution in [3.8, 4) is 0 Å². The second-order valence-electron chi connectivity index (χ2n) is 4.06. The number of quaternary nitrogens is 1. The largest absolute Gasteiger partial charge is 1.00 e. The van der Waals surface area contributed by atoms with Gasteiger partial charge in [0.1, 0.15) is 0 Å². The van der Waals surface area contributed by atoms with Gasteiger partial charge in [-0.05, 0) is 32.1 Å². The summed E-state index contributed by atoms with van der Waals surface area (Å²) < 4.78 is 1.45. The Kier molecular flexibility index (Phi) is 3.20. The van der Waals surface area contributed by atoms with Crippen LogP contribution in [-0.2, 0) is 0 Å². The van der Waals surface area contributed by atoms with Crippen molar-refractivity contribution in [3.63, 3.8) is 0 Å². The van der Waals surface area contributed by atoms with E-state index in [-0.39, 0.29) is 24.0 Å². The highest BCUT2D eigenvalue weighted by molar-refractivity contribution is 4.70. The predicted octanol–water partition coefficient (Wildman–Crippen LogP) is -1.36. The molecule has 2 heteroatoms. The quantitative estimate of drug-likeness (QED) is 0.407. The van der Waals surface area contributed by atoms with Crippen molar-refractivity contribution in [2.75, 3.05) is 26.2 Å². The fourth-order valence-corrected chi connectivity index (χ4v) is 2.61. The fourth-order valence-electron chi connectivity index (χ4n) is 2.61. The average molecular weight is 267 g/mol. The van der Waals surface area contributed by atoms with Crippen molar-refractivity contribution in [1.82, 2.24) is 0 Å². The van der Waals surface area contributed by atoms with Crippen molar-refractivity contribution in [3.05, 3.63) is 0 Å². The van der Waals surface area contributed by atoms with Crippen molar-refractivity contribution in [1.29, 1.82) is 0 Å². The van der Waals surface area contributed by atoms with Crippen LogP contribution in [0, 0.1) is 5.92 Å². The maximum atomic E-state index is 2.35. The van der Waals surface area contributed by atoms with Gasteiger partial charge in [-0.3, -0.25) is 0 Å². The Morgan fingerprint density at radius 2 is 1.55 bits per heavy atom. The fraction of sp³-hybridized carbons (Fsp3) is 1.00. The van der Waals surface area contributed by atoms with E-state index in [4.69, 9.17) is 0 Å². The van der Waals surface area contributed by atoms with Crippen LogP contribution in [0.15, 0.2) is 0 Å². The Hall–Kier alpha value is 0.690. The molecular formula is C9H18IN. The zero-order valence-corrected chi connectivity index (χ0v) is 9.51. The number of halogens is 1. The third-order valence-corrected chi connectivity index (χ3v) is 3.71. The van der Waals surface area contributed by atoms with Crippen LogP contribution in [-0.4, -0.2) is 30.7 Å². The van der Waals surface area contributed by atoms with Gasteiger partial charge in [0.05, 0.1) is 26.2 Å². The third kappa shape index (κ3) is 1.72. The van der Waals surface area contributed by atoms with Crippen LogP contribution in [0.2, 0.25) is 0 Å². The van der Waals surface area contributed by atoms with Crippen LogP contribution in [0.25, 0.3) is 0 Å². The lowest BCUT2D eigenvalue weighted by atomic mass is 9.86. The molecule has 0 aromatic carbocycles. The molecule has 0 aromatic heterocycles. The van der Waals surface area contributed by atoms with Gasteiger partial charge in [-0.2, -0.15) is 0 Å². The van der Waals surface area contributed by atoms with Crippen molar-refractivity contribution >= 4 is 0 Å². The summed E-state index contributed by atoms with van der Waals surface area (Å²) in [4.78, 5) is 0. The lowest BCUT2D eigenvalue weighted by Gasteiger charge is -2.48. The van der Waals surface area contributed by atoms with Crippen molar-refractivity contribution in [2.24, 2.45) is 5.92 Å². The van der Waals surface area contributed by atoms with Crippen molar-refractivity contribution < 1.29 is 28.5 Å². The minimum absolute atomic E-state index is 0. The summed E-state index contributed by atoms with van der Waals surface area (Å²) in [6.07, 6.45) is 4.57. The van der Waals surface area contributed by atoms with Gasteiger partial charge >= 0.3 is 0 Å². The van der Waals surface area contributed by atoms with Gasteiger partial charge in [0.2, 0.25) is 0 Å². The molecule has 0 amide bonds. The van der Waals surface area contributed by atoms with Crippen LogP contribution >= 0.6 is 0 Å². The zero-order chi connectivity index (χ0) is 7.03. The molecule has 0 radical (unpaired) electrons. The summed E-state index contributed by atoms with van der Waals surface area (Å²) >= 11 is 0. The molecule has 0 N–H and O–H groups in total. The van der Waals surface area contributed by atoms with Crippen LogP contribution in [0.1, 0.15) is 26.2 Å². The van der Waals surface area contributed by atoms with E-state index in [0.717, 1.165) is 5.92 Å². The van der Waals surface area contributed by atoms with Gasteiger partial charge < -0.3 is 28.5 Å². The molecule has 2 bridgehead atoms. The van der Waals surface area contributed by atoms with E-state index in [1.54, 1.807) is 0 Å². The maximum absolute atomic E-state index is 2.35. The minimum Gasteiger partial charge on any atom is -1.00 e. The molecule has 11 heavy (non-hydrogen) atoms. The zero-order valence-electron chi connectivity index (χ0n) is 7.35. The first-order chi connectivity index (χ1) is 4.85. The molecule has 3 fully saturated rings. The number of hydrogen-bond donors (Lipinski definition) is 0. The highest BCUT2D eigenvalue weighted by Gasteiger charge is 2.37. The Morgan fingerprint density at radius 3 is 1.82 bits per heavy atom. The summed E-state index contributed by atoms with van der Waals surface area (Å²) in [7, 11) is 0. The second kappa shape index (κ2) is 3.60. The molecule has 3 saturated heterocycles. The first-order valence-electron chi connectivity index (χ1n) is 4.70. The molecule has 3 aliphatic heterocycles. The summed E-state index contributed by atoms with van der Waals surface area (Å²) in [6, 6.07) is 0. The highest BCUT2D eigenvalue weighted by atomic mass is 127. The molecule has 3 aliphatic rings. The normalized spacial score (nSPS) is 41.7. The smallest absolute Gasteiger partial charge is 0.0789 e. The van der Waals surface area contributed by atoms with E-state index in [0.29, 0.717) is 0 Å². The third-order valence-electron chi connectivity index (χ3n) is 3.71. The number of nitrogens with zero attached hydrogens (tertiary/aromatic N) is 1. The first-order valence-corrected chi connectivity index (χ1v) is 4.70. The summed E-state index contributed by atoms with van der Waals surface area (Å²) in [5.41, 5.74) is 0. The maximum Gasteiger partial charge on any atom is 0.0789 e. The summed E-state index contributed by atoms with van der Waals surface area (Å²) in [5.74, 6) is 1.12. The molecule has 3 heterocycles. The predicted molar refractivity (Wildman–Crippen MR) is 42.7 cm³/mol. The van der Waals surface area contributed by atoms with Crippen molar-refractivity contribution in [2.45, 2.75) is 26.2 Å². The van der Waals surface area contributed by atoms with Crippen LogP contribution in [0.4, 0.5) is 0 Å². The Bertz CT molecular complexity index is 114. The molecule has 66 valence electrons. The molecule has 0 spiro atoms. The number of piperidine rings is 3. The summed E-state index contributed by atoms with van der Waals surface area (Å²) in [6.45, 7) is 8.20. The van der Waals surface area contributed by atoms with Gasteiger partial charge in [-0.1, -0.05) is 0 Å². The van der Waals surface area contributed by atoms with Gasteiger partial charge in [0.15, 0.2) is 0 Å². The molecular weight excluding hydrogens is 249 g/mol. The summed E-state index contributed by atoms with van der Waals surface area (Å²) in [5, 5.41) is 0. The average Bonchev–Trinajstić information content (AvgIpc) is 2.08. The van der Waals surface area contributed by atoms with Crippen LogP contribution < -0.4 is 24.0 Å². The SMILES string of the molecule is CC[N+]12CCC(CC1)CC2.[I-]. The van der Waals surface area contributed by atoms with Gasteiger partial charge in [0, 0.05) is 0 Å². The molecule has 0 atom stereocenters. The Labute approximate surface area is 86.8 Å². The first kappa shape index (κ1) is 9.78. The minimum atomic E-state index is 0.